The molecular weight excluding hydrogens is 246 g/mol. The summed E-state index contributed by atoms with van der Waals surface area (Å²) in [4.78, 5) is 0.674. The Kier molecular flexibility index (Phi) is 3.88. The minimum absolute atomic E-state index is 0.220. The average Bonchev–Trinajstić information content (AvgIpc) is 2.83. The van der Waals surface area contributed by atoms with Crippen molar-refractivity contribution in [3.8, 4) is 17.9 Å². The minimum atomic E-state index is 0.220. The monoisotopic (exact) mass is 259 g/mol. The van der Waals surface area contributed by atoms with Crippen molar-refractivity contribution in [1.82, 2.24) is 9.94 Å². The molecule has 0 radical (unpaired) electrons. The molecular formula is C13H13N3O3. The molecule has 0 amide bonds. The van der Waals surface area contributed by atoms with E-state index in [0.29, 0.717) is 16.5 Å². The molecule has 6 heteroatoms. The summed E-state index contributed by atoms with van der Waals surface area (Å²) in [5.41, 5.74) is 1.84. The van der Waals surface area contributed by atoms with E-state index >= 15 is 0 Å². The van der Waals surface area contributed by atoms with Crippen LogP contribution in [0.5, 0.6) is 11.6 Å². The number of benzene rings is 1. The lowest BCUT2D eigenvalue weighted by Crippen LogP contribution is -2.03. The number of nitrogens with zero attached hydrogens (tertiary/aromatic N) is 3. The Morgan fingerprint density at radius 2 is 2.26 bits per heavy atom. The van der Waals surface area contributed by atoms with Crippen molar-refractivity contribution in [2.24, 2.45) is 0 Å². The third-order valence-electron chi connectivity index (χ3n) is 2.68. The zero-order valence-electron chi connectivity index (χ0n) is 10.4. The van der Waals surface area contributed by atoms with Gasteiger partial charge in [0.2, 0.25) is 5.88 Å². The number of hydrogen-bond donors (Lipinski definition) is 1. The zero-order valence-corrected chi connectivity index (χ0v) is 10.4. The first-order valence-corrected chi connectivity index (χ1v) is 5.79. The topological polar surface area (TPSA) is 80.3 Å². The Labute approximate surface area is 110 Å². The normalized spacial score (nSPS) is 9.89. The second-order valence-electron chi connectivity index (χ2n) is 3.80. The molecule has 98 valence electrons. The van der Waals surface area contributed by atoms with Gasteiger partial charge in [0.1, 0.15) is 12.4 Å². The summed E-state index contributed by atoms with van der Waals surface area (Å²) in [7, 11) is 0. The molecule has 0 fully saturated rings. The maximum atomic E-state index is 9.05. The van der Waals surface area contributed by atoms with Crippen LogP contribution in [0.2, 0.25) is 0 Å². The SMILES string of the molecule is CCc1cccc(OC#N)c1COc1ccn(O)n1. The number of rotatable bonds is 5. The van der Waals surface area contributed by atoms with E-state index in [-0.39, 0.29) is 6.61 Å². The molecule has 0 aliphatic rings. The average molecular weight is 259 g/mol. The second-order valence-corrected chi connectivity index (χ2v) is 3.80. The van der Waals surface area contributed by atoms with Gasteiger partial charge in [0.25, 0.3) is 6.26 Å². The van der Waals surface area contributed by atoms with Crippen LogP contribution in [-0.4, -0.2) is 15.2 Å². The van der Waals surface area contributed by atoms with Gasteiger partial charge in [-0.2, -0.15) is 0 Å². The summed E-state index contributed by atoms with van der Waals surface area (Å²) in [5.74, 6) is 0.779. The number of ether oxygens (including phenoxy) is 2. The van der Waals surface area contributed by atoms with Crippen molar-refractivity contribution in [1.29, 1.82) is 5.26 Å². The highest BCUT2D eigenvalue weighted by atomic mass is 16.5. The van der Waals surface area contributed by atoms with Gasteiger partial charge in [0.15, 0.2) is 0 Å². The Morgan fingerprint density at radius 3 is 2.89 bits per heavy atom. The van der Waals surface area contributed by atoms with Gasteiger partial charge in [-0.1, -0.05) is 24.2 Å². The smallest absolute Gasteiger partial charge is 0.292 e. The fraction of sp³-hybridized carbons (Fsp3) is 0.231. The van der Waals surface area contributed by atoms with E-state index in [1.165, 1.54) is 6.20 Å². The van der Waals surface area contributed by atoms with Crippen molar-refractivity contribution < 1.29 is 14.7 Å². The Morgan fingerprint density at radius 1 is 1.42 bits per heavy atom. The van der Waals surface area contributed by atoms with E-state index in [4.69, 9.17) is 19.9 Å². The molecule has 0 atom stereocenters. The molecule has 2 aromatic rings. The summed E-state index contributed by atoms with van der Waals surface area (Å²) in [6, 6.07) is 7.04. The molecule has 1 heterocycles. The van der Waals surface area contributed by atoms with Gasteiger partial charge in [0, 0.05) is 11.6 Å². The van der Waals surface area contributed by atoms with E-state index in [9.17, 15) is 0 Å². The van der Waals surface area contributed by atoms with Crippen molar-refractivity contribution in [3.05, 3.63) is 41.6 Å². The van der Waals surface area contributed by atoms with E-state index in [2.05, 4.69) is 5.10 Å². The molecule has 0 bridgehead atoms. The van der Waals surface area contributed by atoms with Crippen LogP contribution in [0.4, 0.5) is 0 Å². The van der Waals surface area contributed by atoms with Crippen molar-refractivity contribution in [2.45, 2.75) is 20.0 Å². The molecule has 1 aromatic carbocycles. The molecule has 0 aliphatic heterocycles. The molecule has 19 heavy (non-hydrogen) atoms. The fourth-order valence-electron chi connectivity index (χ4n) is 1.77. The van der Waals surface area contributed by atoms with Crippen molar-refractivity contribution in [3.63, 3.8) is 0 Å². The highest BCUT2D eigenvalue weighted by molar-refractivity contribution is 5.40. The summed E-state index contributed by atoms with van der Waals surface area (Å²) in [6.45, 7) is 2.23. The Bertz CT molecular complexity index is 601. The van der Waals surface area contributed by atoms with Gasteiger partial charge in [0.05, 0.1) is 6.20 Å². The largest absolute Gasteiger partial charge is 0.471 e. The maximum absolute atomic E-state index is 9.05. The van der Waals surface area contributed by atoms with Crippen LogP contribution in [0.15, 0.2) is 30.5 Å². The Hall–Kier alpha value is -2.68. The first-order valence-electron chi connectivity index (χ1n) is 5.79. The predicted molar refractivity (Wildman–Crippen MR) is 65.8 cm³/mol. The third-order valence-corrected chi connectivity index (χ3v) is 2.68. The van der Waals surface area contributed by atoms with Crippen LogP contribution in [0.1, 0.15) is 18.1 Å². The van der Waals surface area contributed by atoms with Crippen LogP contribution in [0.3, 0.4) is 0 Å². The lowest BCUT2D eigenvalue weighted by Gasteiger charge is -2.11. The number of aryl methyl sites for hydroxylation is 1. The van der Waals surface area contributed by atoms with E-state index in [0.717, 1.165) is 17.5 Å². The van der Waals surface area contributed by atoms with Crippen LogP contribution >= 0.6 is 0 Å². The van der Waals surface area contributed by atoms with Crippen LogP contribution in [-0.2, 0) is 13.0 Å². The molecule has 1 aromatic heterocycles. The molecule has 1 N–H and O–H groups in total. The third kappa shape index (κ3) is 2.96. The quantitative estimate of drug-likeness (QED) is 0.657. The lowest BCUT2D eigenvalue weighted by atomic mass is 10.0. The predicted octanol–water partition coefficient (Wildman–Crippen LogP) is 2.12. The van der Waals surface area contributed by atoms with Gasteiger partial charge in [-0.15, -0.1) is 10.1 Å². The highest BCUT2D eigenvalue weighted by Crippen LogP contribution is 2.24. The number of hydrogen-bond acceptors (Lipinski definition) is 5. The van der Waals surface area contributed by atoms with E-state index in [1.54, 1.807) is 18.4 Å². The minimum Gasteiger partial charge on any atom is -0.471 e. The summed E-state index contributed by atoms with van der Waals surface area (Å²) in [5, 5.41) is 21.4. The van der Waals surface area contributed by atoms with Crippen LogP contribution < -0.4 is 9.47 Å². The zero-order chi connectivity index (χ0) is 13.7. The van der Waals surface area contributed by atoms with Crippen LogP contribution in [0.25, 0.3) is 0 Å². The van der Waals surface area contributed by atoms with Gasteiger partial charge >= 0.3 is 0 Å². The van der Waals surface area contributed by atoms with Gasteiger partial charge in [-0.3, -0.25) is 0 Å². The number of aromatic nitrogens is 2. The molecule has 2 rings (SSSR count). The summed E-state index contributed by atoms with van der Waals surface area (Å²) >= 11 is 0. The lowest BCUT2D eigenvalue weighted by molar-refractivity contribution is 0.141. The second kappa shape index (κ2) is 5.78. The van der Waals surface area contributed by atoms with Gasteiger partial charge < -0.3 is 14.7 Å². The molecule has 0 unspecified atom stereocenters. The summed E-state index contributed by atoms with van der Waals surface area (Å²) in [6.07, 6.45) is 3.83. The van der Waals surface area contributed by atoms with Gasteiger partial charge in [-0.25, -0.2) is 0 Å². The Balaban J connectivity index is 2.20. The first kappa shape index (κ1) is 12.8. The van der Waals surface area contributed by atoms with Crippen molar-refractivity contribution >= 4 is 0 Å². The maximum Gasteiger partial charge on any atom is 0.292 e. The van der Waals surface area contributed by atoms with E-state index in [1.807, 2.05) is 19.1 Å². The highest BCUT2D eigenvalue weighted by Gasteiger charge is 2.10. The number of nitriles is 1. The standard InChI is InChI=1S/C13H13N3O3/c1-2-10-4-3-5-12(19-9-14)11(10)8-18-13-6-7-16(17)15-13/h3-7,17H,2,8H2,1H3. The molecule has 6 nitrogen and oxygen atoms in total. The van der Waals surface area contributed by atoms with Crippen molar-refractivity contribution in [2.75, 3.05) is 0 Å². The fourth-order valence-corrected chi connectivity index (χ4v) is 1.77. The molecule has 0 saturated heterocycles. The molecule has 0 aliphatic carbocycles. The molecule has 0 saturated carbocycles. The first-order chi connectivity index (χ1) is 9.24. The summed E-state index contributed by atoms with van der Waals surface area (Å²) < 4.78 is 10.4. The molecule has 0 spiro atoms. The van der Waals surface area contributed by atoms with E-state index < -0.39 is 0 Å². The van der Waals surface area contributed by atoms with Crippen LogP contribution in [0, 0.1) is 11.5 Å². The van der Waals surface area contributed by atoms with Gasteiger partial charge in [-0.05, 0) is 18.1 Å².